The number of rotatable bonds is 2. The van der Waals surface area contributed by atoms with E-state index in [0.29, 0.717) is 12.8 Å². The molecule has 0 bridgehead atoms. The van der Waals surface area contributed by atoms with Gasteiger partial charge in [0.2, 0.25) is 0 Å². The summed E-state index contributed by atoms with van der Waals surface area (Å²) >= 11 is 0. The second-order valence-corrected chi connectivity index (χ2v) is 5.54. The predicted molar refractivity (Wildman–Crippen MR) is 76.2 cm³/mol. The molecule has 0 saturated heterocycles. The largest absolute Gasteiger partial charge is 0.468 e. The first-order valence-corrected chi connectivity index (χ1v) is 6.93. The molecule has 1 aliphatic rings. The van der Waals surface area contributed by atoms with Crippen LogP contribution in [0.4, 0.5) is 0 Å². The van der Waals surface area contributed by atoms with Crippen LogP contribution in [0, 0.1) is 0 Å². The zero-order chi connectivity index (χ0) is 14.2. The van der Waals surface area contributed by atoms with Crippen LogP contribution in [0.1, 0.15) is 31.7 Å². The molecule has 0 amide bonds. The number of aromatic nitrogens is 2. The van der Waals surface area contributed by atoms with Crippen LogP contribution in [-0.4, -0.2) is 28.2 Å². The summed E-state index contributed by atoms with van der Waals surface area (Å²) in [5.41, 5.74) is 7.43. The summed E-state index contributed by atoms with van der Waals surface area (Å²) in [6.45, 7) is 0. The number of imidazole rings is 1. The number of nitrogens with zero attached hydrogens (tertiary/aromatic N) is 2. The Bertz CT molecular complexity index is 637. The molecule has 5 nitrogen and oxygen atoms in total. The monoisotopic (exact) mass is 273 g/mol. The molecular formula is C15H19N3O2. The second-order valence-electron chi connectivity index (χ2n) is 5.54. The molecule has 0 spiro atoms. The van der Waals surface area contributed by atoms with Gasteiger partial charge in [0, 0.05) is 6.04 Å². The molecule has 1 aromatic heterocycles. The SMILES string of the molecule is COC(=O)C1(N)CCCC(n2cnc3ccccc32)C1. The van der Waals surface area contributed by atoms with Gasteiger partial charge in [-0.3, -0.25) is 4.79 Å². The molecule has 1 fully saturated rings. The molecule has 1 saturated carbocycles. The van der Waals surface area contributed by atoms with Crippen molar-refractivity contribution in [3.8, 4) is 0 Å². The molecule has 2 aromatic rings. The first-order valence-electron chi connectivity index (χ1n) is 6.93. The van der Waals surface area contributed by atoms with Crippen molar-refractivity contribution in [3.05, 3.63) is 30.6 Å². The molecule has 2 atom stereocenters. The highest BCUT2D eigenvalue weighted by atomic mass is 16.5. The summed E-state index contributed by atoms with van der Waals surface area (Å²) in [6.07, 6.45) is 5.06. The lowest BCUT2D eigenvalue weighted by atomic mass is 9.79. The van der Waals surface area contributed by atoms with Crippen LogP contribution in [0.2, 0.25) is 0 Å². The Kier molecular flexibility index (Phi) is 3.22. The van der Waals surface area contributed by atoms with Crippen molar-refractivity contribution in [2.45, 2.75) is 37.3 Å². The molecule has 0 radical (unpaired) electrons. The Morgan fingerprint density at radius 2 is 2.30 bits per heavy atom. The topological polar surface area (TPSA) is 70.1 Å². The third-order valence-corrected chi connectivity index (χ3v) is 4.23. The van der Waals surface area contributed by atoms with Crippen molar-refractivity contribution in [2.24, 2.45) is 5.73 Å². The number of hydrogen-bond acceptors (Lipinski definition) is 4. The summed E-state index contributed by atoms with van der Waals surface area (Å²) in [7, 11) is 1.40. The minimum atomic E-state index is -0.872. The number of carbonyl (C=O) groups excluding carboxylic acids is 1. The molecule has 1 aromatic carbocycles. The standard InChI is InChI=1S/C15H19N3O2/c1-20-14(19)15(16)8-4-5-11(9-15)18-10-17-12-6-2-3-7-13(12)18/h2-3,6-7,10-11H,4-5,8-9,16H2,1H3. The lowest BCUT2D eigenvalue weighted by Crippen LogP contribution is -2.52. The Hall–Kier alpha value is -1.88. The normalized spacial score (nSPS) is 26.6. The van der Waals surface area contributed by atoms with Crippen LogP contribution < -0.4 is 5.73 Å². The maximum absolute atomic E-state index is 11.9. The Morgan fingerprint density at radius 1 is 1.50 bits per heavy atom. The van der Waals surface area contributed by atoms with E-state index >= 15 is 0 Å². The highest BCUT2D eigenvalue weighted by Gasteiger charge is 2.41. The van der Waals surface area contributed by atoms with E-state index in [1.165, 1.54) is 7.11 Å². The summed E-state index contributed by atoms with van der Waals surface area (Å²) in [5, 5.41) is 0. The lowest BCUT2D eigenvalue weighted by molar-refractivity contribution is -0.148. The van der Waals surface area contributed by atoms with Gasteiger partial charge < -0.3 is 15.0 Å². The first kappa shape index (κ1) is 13.1. The molecule has 1 aliphatic carbocycles. The predicted octanol–water partition coefficient (Wildman–Crippen LogP) is 2.02. The fraction of sp³-hybridized carbons (Fsp3) is 0.467. The number of esters is 1. The maximum atomic E-state index is 11.9. The van der Waals surface area contributed by atoms with E-state index < -0.39 is 5.54 Å². The molecule has 1 heterocycles. The van der Waals surface area contributed by atoms with E-state index in [4.69, 9.17) is 10.5 Å². The fourth-order valence-corrected chi connectivity index (χ4v) is 3.17. The van der Waals surface area contributed by atoms with Gasteiger partial charge in [-0.1, -0.05) is 12.1 Å². The summed E-state index contributed by atoms with van der Waals surface area (Å²) in [4.78, 5) is 16.3. The van der Waals surface area contributed by atoms with Gasteiger partial charge in [0.05, 0.1) is 24.5 Å². The van der Waals surface area contributed by atoms with E-state index in [0.717, 1.165) is 23.9 Å². The number of ether oxygens (including phenoxy) is 1. The fourth-order valence-electron chi connectivity index (χ4n) is 3.17. The van der Waals surface area contributed by atoms with Crippen LogP contribution in [-0.2, 0) is 9.53 Å². The van der Waals surface area contributed by atoms with Gasteiger partial charge in [0.25, 0.3) is 0 Å². The summed E-state index contributed by atoms with van der Waals surface area (Å²) < 4.78 is 6.99. The Morgan fingerprint density at radius 3 is 3.10 bits per heavy atom. The van der Waals surface area contributed by atoms with Crippen LogP contribution in [0.3, 0.4) is 0 Å². The number of hydrogen-bond donors (Lipinski definition) is 1. The van der Waals surface area contributed by atoms with Gasteiger partial charge >= 0.3 is 5.97 Å². The number of carbonyl (C=O) groups is 1. The highest BCUT2D eigenvalue weighted by molar-refractivity contribution is 5.81. The maximum Gasteiger partial charge on any atom is 0.325 e. The molecule has 0 aliphatic heterocycles. The van der Waals surface area contributed by atoms with Crippen molar-refractivity contribution in [3.63, 3.8) is 0 Å². The van der Waals surface area contributed by atoms with Gasteiger partial charge in [-0.15, -0.1) is 0 Å². The van der Waals surface area contributed by atoms with Crippen LogP contribution in [0.25, 0.3) is 11.0 Å². The zero-order valence-electron chi connectivity index (χ0n) is 11.6. The average Bonchev–Trinajstić information content (AvgIpc) is 2.90. The quantitative estimate of drug-likeness (QED) is 0.850. The number of benzene rings is 1. The number of para-hydroxylation sites is 2. The molecule has 3 rings (SSSR count). The molecule has 106 valence electrons. The van der Waals surface area contributed by atoms with Gasteiger partial charge in [0.15, 0.2) is 0 Å². The second kappa shape index (κ2) is 4.90. The summed E-state index contributed by atoms with van der Waals surface area (Å²) in [5.74, 6) is -0.313. The minimum Gasteiger partial charge on any atom is -0.468 e. The van der Waals surface area contributed by atoms with E-state index in [9.17, 15) is 4.79 Å². The smallest absolute Gasteiger partial charge is 0.325 e. The lowest BCUT2D eigenvalue weighted by Gasteiger charge is -2.36. The van der Waals surface area contributed by atoms with Crippen molar-refractivity contribution >= 4 is 17.0 Å². The number of methoxy groups -OCH3 is 1. The van der Waals surface area contributed by atoms with Crippen molar-refractivity contribution in [2.75, 3.05) is 7.11 Å². The molecule has 2 N–H and O–H groups in total. The van der Waals surface area contributed by atoms with Crippen LogP contribution in [0.5, 0.6) is 0 Å². The van der Waals surface area contributed by atoms with Crippen LogP contribution in [0.15, 0.2) is 30.6 Å². The Balaban J connectivity index is 1.92. The van der Waals surface area contributed by atoms with E-state index in [2.05, 4.69) is 9.55 Å². The average molecular weight is 273 g/mol. The van der Waals surface area contributed by atoms with Gasteiger partial charge in [-0.2, -0.15) is 0 Å². The summed E-state index contributed by atoms with van der Waals surface area (Å²) in [6, 6.07) is 8.21. The molecular weight excluding hydrogens is 254 g/mol. The van der Waals surface area contributed by atoms with Gasteiger partial charge in [-0.25, -0.2) is 4.98 Å². The van der Waals surface area contributed by atoms with Crippen LogP contribution >= 0.6 is 0 Å². The van der Waals surface area contributed by atoms with Crippen molar-refractivity contribution in [1.29, 1.82) is 0 Å². The van der Waals surface area contributed by atoms with E-state index in [1.54, 1.807) is 0 Å². The Labute approximate surface area is 117 Å². The number of nitrogens with two attached hydrogens (primary N) is 1. The highest BCUT2D eigenvalue weighted by Crippen LogP contribution is 2.36. The first-order chi connectivity index (χ1) is 9.64. The third-order valence-electron chi connectivity index (χ3n) is 4.23. The van der Waals surface area contributed by atoms with Crippen molar-refractivity contribution < 1.29 is 9.53 Å². The molecule has 5 heteroatoms. The van der Waals surface area contributed by atoms with E-state index in [-0.39, 0.29) is 12.0 Å². The van der Waals surface area contributed by atoms with Gasteiger partial charge in [0.1, 0.15) is 5.54 Å². The minimum absolute atomic E-state index is 0.195. The number of fused-ring (bicyclic) bond motifs is 1. The van der Waals surface area contributed by atoms with E-state index in [1.807, 2.05) is 30.6 Å². The third kappa shape index (κ3) is 2.08. The molecule has 20 heavy (non-hydrogen) atoms. The van der Waals surface area contributed by atoms with Crippen molar-refractivity contribution in [1.82, 2.24) is 9.55 Å². The molecule has 2 unspecified atom stereocenters. The zero-order valence-corrected chi connectivity index (χ0v) is 11.6. The van der Waals surface area contributed by atoms with Gasteiger partial charge in [-0.05, 0) is 37.8 Å².